The molecular formula is C23H19NO2S. The SMILES string of the molecule is O=C1C2=CC=CCC2C(=O)N1CCCc1cccc(C#Cc2cccs2)c1. The van der Waals surface area contributed by atoms with Crippen LogP contribution in [0.3, 0.4) is 0 Å². The molecule has 3 nitrogen and oxygen atoms in total. The van der Waals surface area contributed by atoms with Crippen LogP contribution in [0.25, 0.3) is 0 Å². The molecule has 1 aromatic heterocycles. The van der Waals surface area contributed by atoms with Crippen LogP contribution < -0.4 is 0 Å². The highest BCUT2D eigenvalue weighted by Crippen LogP contribution is 2.31. The number of likely N-dealkylation sites (tertiary alicyclic amines) is 1. The van der Waals surface area contributed by atoms with Crippen LogP contribution in [0, 0.1) is 17.8 Å². The zero-order chi connectivity index (χ0) is 18.6. The van der Waals surface area contributed by atoms with Gasteiger partial charge in [0.25, 0.3) is 5.91 Å². The molecule has 0 saturated carbocycles. The third-order valence-electron chi connectivity index (χ3n) is 4.84. The fraction of sp³-hybridized carbons (Fsp3) is 0.217. The minimum Gasteiger partial charge on any atom is -0.278 e. The Morgan fingerprint density at radius 2 is 2.07 bits per heavy atom. The van der Waals surface area contributed by atoms with Crippen molar-refractivity contribution in [3.63, 3.8) is 0 Å². The lowest BCUT2D eigenvalue weighted by molar-refractivity contribution is -0.139. The van der Waals surface area contributed by atoms with Gasteiger partial charge >= 0.3 is 0 Å². The second-order valence-electron chi connectivity index (χ2n) is 6.66. The van der Waals surface area contributed by atoms with Gasteiger partial charge < -0.3 is 0 Å². The van der Waals surface area contributed by atoms with Crippen LogP contribution in [0.4, 0.5) is 0 Å². The second kappa shape index (κ2) is 7.77. The molecule has 1 saturated heterocycles. The first kappa shape index (κ1) is 17.5. The van der Waals surface area contributed by atoms with E-state index in [-0.39, 0.29) is 17.7 Å². The maximum Gasteiger partial charge on any atom is 0.257 e. The number of thiophene rings is 1. The standard InChI is InChI=1S/C23H19NO2S/c25-22-20-10-1-2-11-21(20)23(26)24(22)14-4-8-17-6-3-7-18(16-17)12-13-19-9-5-15-27-19/h1-3,5-7,9-10,15-16,21H,4,8,11,14H2. The number of imide groups is 1. The van der Waals surface area contributed by atoms with E-state index in [1.54, 1.807) is 17.4 Å². The lowest BCUT2D eigenvalue weighted by Gasteiger charge is -2.14. The third-order valence-corrected chi connectivity index (χ3v) is 5.63. The van der Waals surface area contributed by atoms with Crippen molar-refractivity contribution in [1.29, 1.82) is 0 Å². The summed E-state index contributed by atoms with van der Waals surface area (Å²) in [7, 11) is 0. The molecule has 1 aliphatic heterocycles. The molecule has 2 amide bonds. The van der Waals surface area contributed by atoms with Gasteiger partial charge in [-0.2, -0.15) is 0 Å². The van der Waals surface area contributed by atoms with Crippen molar-refractivity contribution in [3.05, 3.63) is 81.6 Å². The van der Waals surface area contributed by atoms with Crippen LogP contribution in [0.5, 0.6) is 0 Å². The minimum atomic E-state index is -0.265. The number of benzene rings is 1. The summed E-state index contributed by atoms with van der Waals surface area (Å²) in [5, 5.41) is 2.02. The van der Waals surface area contributed by atoms with E-state index in [1.807, 2.05) is 41.8 Å². The van der Waals surface area contributed by atoms with Crippen molar-refractivity contribution in [2.75, 3.05) is 6.54 Å². The Kier molecular flexibility index (Phi) is 5.04. The van der Waals surface area contributed by atoms with Crippen LogP contribution in [0.1, 0.15) is 28.8 Å². The summed E-state index contributed by atoms with van der Waals surface area (Å²) in [6, 6.07) is 12.2. The number of fused-ring (bicyclic) bond motifs is 1. The van der Waals surface area contributed by atoms with Gasteiger partial charge in [0.2, 0.25) is 5.91 Å². The maximum atomic E-state index is 12.5. The van der Waals surface area contributed by atoms with Crippen LogP contribution in [-0.2, 0) is 16.0 Å². The number of hydrogen-bond donors (Lipinski definition) is 0. The molecule has 0 bridgehead atoms. The van der Waals surface area contributed by atoms with Crippen LogP contribution in [0.2, 0.25) is 0 Å². The van der Waals surface area contributed by atoms with E-state index in [0.717, 1.165) is 23.3 Å². The van der Waals surface area contributed by atoms with Crippen LogP contribution >= 0.6 is 11.3 Å². The van der Waals surface area contributed by atoms with Gasteiger partial charge in [-0.05, 0) is 48.4 Å². The molecule has 4 rings (SSSR count). The van der Waals surface area contributed by atoms with Crippen molar-refractivity contribution < 1.29 is 9.59 Å². The lowest BCUT2D eigenvalue weighted by Crippen LogP contribution is -2.31. The molecule has 4 heteroatoms. The maximum absolute atomic E-state index is 12.5. The second-order valence-corrected chi connectivity index (χ2v) is 7.61. The van der Waals surface area contributed by atoms with E-state index in [2.05, 4.69) is 24.0 Å². The third kappa shape index (κ3) is 3.79. The summed E-state index contributed by atoms with van der Waals surface area (Å²) in [6.45, 7) is 0.469. The quantitative estimate of drug-likeness (QED) is 0.601. The van der Waals surface area contributed by atoms with Gasteiger partial charge in [-0.25, -0.2) is 0 Å². The number of rotatable bonds is 4. The normalized spacial score (nSPS) is 18.1. The number of aryl methyl sites for hydroxylation is 1. The fourth-order valence-corrected chi connectivity index (χ4v) is 4.04. The van der Waals surface area contributed by atoms with E-state index in [9.17, 15) is 9.59 Å². The lowest BCUT2D eigenvalue weighted by atomic mass is 9.94. The van der Waals surface area contributed by atoms with Gasteiger partial charge in [0.1, 0.15) is 0 Å². The highest BCUT2D eigenvalue weighted by molar-refractivity contribution is 7.10. The Bertz CT molecular complexity index is 989. The summed E-state index contributed by atoms with van der Waals surface area (Å²) in [6.07, 6.45) is 7.80. The zero-order valence-electron chi connectivity index (χ0n) is 14.9. The molecule has 2 aliphatic rings. The Morgan fingerprint density at radius 3 is 2.89 bits per heavy atom. The highest BCUT2D eigenvalue weighted by atomic mass is 32.1. The molecule has 134 valence electrons. The first-order chi connectivity index (χ1) is 13.2. The summed E-state index contributed by atoms with van der Waals surface area (Å²) < 4.78 is 0. The number of allylic oxidation sites excluding steroid dienone is 3. The van der Waals surface area contributed by atoms with E-state index in [1.165, 1.54) is 10.5 Å². The molecule has 0 radical (unpaired) electrons. The predicted molar refractivity (Wildman–Crippen MR) is 107 cm³/mol. The summed E-state index contributed by atoms with van der Waals surface area (Å²) in [4.78, 5) is 27.4. The summed E-state index contributed by atoms with van der Waals surface area (Å²) >= 11 is 1.63. The van der Waals surface area contributed by atoms with Gasteiger partial charge in [0.15, 0.2) is 0 Å². The van der Waals surface area contributed by atoms with Crippen molar-refractivity contribution >= 4 is 23.2 Å². The van der Waals surface area contributed by atoms with Crippen molar-refractivity contribution in [2.45, 2.75) is 19.3 Å². The van der Waals surface area contributed by atoms with E-state index in [4.69, 9.17) is 0 Å². The van der Waals surface area contributed by atoms with E-state index in [0.29, 0.717) is 18.5 Å². The smallest absolute Gasteiger partial charge is 0.257 e. The summed E-state index contributed by atoms with van der Waals surface area (Å²) in [5.74, 6) is 5.93. The molecule has 1 aromatic carbocycles. The number of carbonyl (C=O) groups is 2. The van der Waals surface area contributed by atoms with Crippen molar-refractivity contribution in [2.24, 2.45) is 5.92 Å². The average Bonchev–Trinajstić information content (AvgIpc) is 3.30. The number of hydrogen-bond acceptors (Lipinski definition) is 3. The molecular weight excluding hydrogens is 354 g/mol. The van der Waals surface area contributed by atoms with Gasteiger partial charge in [-0.1, -0.05) is 48.3 Å². The first-order valence-electron chi connectivity index (χ1n) is 9.09. The van der Waals surface area contributed by atoms with Crippen LogP contribution in [-0.4, -0.2) is 23.3 Å². The molecule has 27 heavy (non-hydrogen) atoms. The van der Waals surface area contributed by atoms with E-state index < -0.39 is 0 Å². The Hall–Kier alpha value is -2.90. The van der Waals surface area contributed by atoms with Gasteiger partial charge in [0, 0.05) is 17.7 Å². The minimum absolute atomic E-state index is 0.0498. The average molecular weight is 373 g/mol. The molecule has 0 spiro atoms. The molecule has 1 atom stereocenters. The number of carbonyl (C=O) groups excluding carboxylic acids is 2. The van der Waals surface area contributed by atoms with Gasteiger partial charge in [-0.15, -0.1) is 11.3 Å². The van der Waals surface area contributed by atoms with Crippen molar-refractivity contribution in [3.8, 4) is 11.8 Å². The molecule has 2 aromatic rings. The molecule has 0 N–H and O–H groups in total. The monoisotopic (exact) mass is 373 g/mol. The Balaban J connectivity index is 1.36. The summed E-state index contributed by atoms with van der Waals surface area (Å²) in [5.41, 5.74) is 2.80. The topological polar surface area (TPSA) is 37.4 Å². The Morgan fingerprint density at radius 1 is 1.15 bits per heavy atom. The molecule has 2 heterocycles. The molecule has 1 fully saturated rings. The Labute approximate surface area is 163 Å². The molecule has 1 aliphatic carbocycles. The molecule has 1 unspecified atom stereocenters. The first-order valence-corrected chi connectivity index (χ1v) is 9.97. The van der Waals surface area contributed by atoms with Gasteiger partial charge in [0.05, 0.1) is 10.8 Å². The van der Waals surface area contributed by atoms with Gasteiger partial charge in [-0.3, -0.25) is 14.5 Å². The zero-order valence-corrected chi connectivity index (χ0v) is 15.7. The van der Waals surface area contributed by atoms with E-state index >= 15 is 0 Å². The number of amides is 2. The van der Waals surface area contributed by atoms with Crippen LogP contribution in [0.15, 0.2) is 65.6 Å². The fourth-order valence-electron chi connectivity index (χ4n) is 3.47. The highest BCUT2D eigenvalue weighted by Gasteiger charge is 2.42. The largest absolute Gasteiger partial charge is 0.278 e. The van der Waals surface area contributed by atoms with Crippen molar-refractivity contribution in [1.82, 2.24) is 4.90 Å². The number of nitrogens with zero attached hydrogens (tertiary/aromatic N) is 1. The predicted octanol–water partition coefficient (Wildman–Crippen LogP) is 3.95.